The average Bonchev–Trinajstić information content (AvgIpc) is 2.47. The van der Waals surface area contributed by atoms with Gasteiger partial charge < -0.3 is 14.6 Å². The van der Waals surface area contributed by atoms with Crippen molar-refractivity contribution in [1.29, 1.82) is 0 Å². The molecule has 16 heavy (non-hydrogen) atoms. The number of aliphatic carboxylic acids is 1. The number of amides is 1. The van der Waals surface area contributed by atoms with Gasteiger partial charge in [0.15, 0.2) is 6.04 Å². The fraction of sp³-hybridized carbons (Fsp3) is 0.778. The molecule has 2 heterocycles. The second-order valence-electron chi connectivity index (χ2n) is 4.02. The molecule has 0 aromatic heterocycles. The Kier molecular flexibility index (Phi) is 2.84. The third kappa shape index (κ3) is 1.43. The minimum atomic E-state index is -1.44. The highest BCUT2D eigenvalue weighted by atomic mass is 35.5. The Morgan fingerprint density at radius 3 is 2.88 bits per heavy atom. The Hall–Kier alpha value is -0.460. The molecule has 2 aliphatic rings. The molecule has 4 unspecified atom stereocenters. The smallest absolute Gasteiger partial charge is 0.333 e. The molecule has 7 heteroatoms. The van der Waals surface area contributed by atoms with Gasteiger partial charge in [-0.05, 0) is 18.1 Å². The number of carbonyl (C=O) groups excluding carboxylic acids is 1. The van der Waals surface area contributed by atoms with Gasteiger partial charge >= 0.3 is 5.97 Å². The van der Waals surface area contributed by atoms with E-state index in [2.05, 4.69) is 0 Å². The number of alkyl halides is 1. The van der Waals surface area contributed by atoms with Gasteiger partial charge in [-0.15, -0.1) is 0 Å². The first-order valence-electron chi connectivity index (χ1n) is 5.03. The van der Waals surface area contributed by atoms with Crippen LogP contribution in [0.2, 0.25) is 0 Å². The second-order valence-corrected chi connectivity index (χ2v) is 6.92. The Bertz CT molecular complexity index is 352. The molecule has 1 amide bonds. The van der Waals surface area contributed by atoms with Crippen molar-refractivity contribution >= 4 is 34.7 Å². The van der Waals surface area contributed by atoms with Crippen LogP contribution in [0.3, 0.4) is 0 Å². The van der Waals surface area contributed by atoms with Crippen molar-refractivity contribution in [2.24, 2.45) is 0 Å². The van der Waals surface area contributed by atoms with E-state index in [4.69, 9.17) is 16.7 Å². The summed E-state index contributed by atoms with van der Waals surface area (Å²) in [6.07, 6.45) is 0.622. The van der Waals surface area contributed by atoms with Crippen molar-refractivity contribution in [3.05, 3.63) is 0 Å². The summed E-state index contributed by atoms with van der Waals surface area (Å²) in [6, 6.07) is -1.30. The summed E-state index contributed by atoms with van der Waals surface area (Å²) in [6.45, 7) is 1.69. The highest BCUT2D eigenvalue weighted by Gasteiger charge is 2.67. The van der Waals surface area contributed by atoms with Crippen LogP contribution in [0.5, 0.6) is 0 Å². The number of rotatable bonds is 3. The molecule has 0 radical (unpaired) electrons. The lowest BCUT2D eigenvalue weighted by molar-refractivity contribution is -0.156. The SMILES string of the molecule is CC[S+]([O-])C1(Cl)CC2CC(=O)N2C1C(=O)O. The minimum absolute atomic E-state index is 0.151. The van der Waals surface area contributed by atoms with E-state index in [0.717, 1.165) is 0 Å². The number of fused-ring (bicyclic) bond motifs is 1. The summed E-state index contributed by atoms with van der Waals surface area (Å²) < 4.78 is 10.5. The summed E-state index contributed by atoms with van der Waals surface area (Å²) >= 11 is 4.76. The molecule has 2 saturated heterocycles. The second kappa shape index (κ2) is 3.78. The third-order valence-electron chi connectivity index (χ3n) is 3.17. The first-order valence-corrected chi connectivity index (χ1v) is 6.73. The maximum Gasteiger partial charge on any atom is 0.333 e. The Labute approximate surface area is 101 Å². The summed E-state index contributed by atoms with van der Waals surface area (Å²) in [5.74, 6) is -1.09. The minimum Gasteiger partial charge on any atom is -0.615 e. The topological polar surface area (TPSA) is 80.7 Å². The van der Waals surface area contributed by atoms with E-state index in [1.54, 1.807) is 6.92 Å². The normalized spacial score (nSPS) is 39.2. The molecule has 2 rings (SSSR count). The van der Waals surface area contributed by atoms with Crippen molar-refractivity contribution in [1.82, 2.24) is 4.90 Å². The van der Waals surface area contributed by atoms with Gasteiger partial charge in [-0.1, -0.05) is 11.6 Å². The number of β-lactam (4-membered cyclic amide) rings is 1. The summed E-state index contributed by atoms with van der Waals surface area (Å²) in [5, 5.41) is 9.12. The molecule has 0 aromatic carbocycles. The number of carboxylic acids is 1. The van der Waals surface area contributed by atoms with Crippen LogP contribution in [0, 0.1) is 0 Å². The van der Waals surface area contributed by atoms with E-state index in [1.807, 2.05) is 0 Å². The monoisotopic (exact) mass is 265 g/mol. The van der Waals surface area contributed by atoms with E-state index < -0.39 is 27.4 Å². The van der Waals surface area contributed by atoms with Crippen LogP contribution in [-0.2, 0) is 20.8 Å². The van der Waals surface area contributed by atoms with Gasteiger partial charge in [-0.3, -0.25) is 4.79 Å². The fourth-order valence-electron chi connectivity index (χ4n) is 2.42. The first kappa shape index (κ1) is 12.0. The number of carboxylic acid groups (broad SMARTS) is 1. The summed E-state index contributed by atoms with van der Waals surface area (Å²) in [7, 11) is 0. The molecule has 1 N–H and O–H groups in total. The van der Waals surface area contributed by atoms with Gasteiger partial charge in [0.2, 0.25) is 10.1 Å². The van der Waals surface area contributed by atoms with Crippen LogP contribution in [0.4, 0.5) is 0 Å². The molecule has 0 aliphatic carbocycles. The van der Waals surface area contributed by atoms with Crippen LogP contribution in [0.1, 0.15) is 19.8 Å². The zero-order valence-corrected chi connectivity index (χ0v) is 10.3. The van der Waals surface area contributed by atoms with Gasteiger partial charge in [0.05, 0.1) is 0 Å². The Balaban J connectivity index is 2.32. The molecule has 90 valence electrons. The third-order valence-corrected chi connectivity index (χ3v) is 5.72. The van der Waals surface area contributed by atoms with Gasteiger partial charge in [0, 0.05) is 18.9 Å². The molecular formula is C9H12ClNO4S. The van der Waals surface area contributed by atoms with Crippen LogP contribution in [0.25, 0.3) is 0 Å². The van der Waals surface area contributed by atoms with Crippen LogP contribution < -0.4 is 0 Å². The van der Waals surface area contributed by atoms with Gasteiger partial charge in [0.1, 0.15) is 5.75 Å². The predicted octanol–water partition coefficient (Wildman–Crippen LogP) is 0.148. The van der Waals surface area contributed by atoms with Crippen molar-refractivity contribution in [3.63, 3.8) is 0 Å². The molecule has 2 fully saturated rings. The molecule has 0 saturated carbocycles. The number of hydrogen-bond acceptors (Lipinski definition) is 3. The highest BCUT2D eigenvalue weighted by molar-refractivity contribution is 7.94. The van der Waals surface area contributed by atoms with Crippen LogP contribution >= 0.6 is 11.6 Å². The lowest BCUT2D eigenvalue weighted by Crippen LogP contribution is -2.58. The fourth-order valence-corrected chi connectivity index (χ4v) is 4.45. The summed E-state index contributed by atoms with van der Waals surface area (Å²) in [5.41, 5.74) is 0. The van der Waals surface area contributed by atoms with E-state index in [1.165, 1.54) is 4.90 Å². The average molecular weight is 266 g/mol. The standard InChI is InChI=1S/C9H12ClNO4S/c1-2-16(15)9(10)4-5-3-6(12)11(5)7(9)8(13)14/h5,7H,2-4H2,1H3,(H,13,14). The molecule has 0 bridgehead atoms. The molecule has 0 spiro atoms. The number of nitrogens with zero attached hydrogens (tertiary/aromatic N) is 1. The number of carbonyl (C=O) groups is 2. The van der Waals surface area contributed by atoms with Crippen molar-refractivity contribution in [2.75, 3.05) is 5.75 Å². The van der Waals surface area contributed by atoms with Gasteiger partial charge in [0.25, 0.3) is 0 Å². The zero-order valence-electron chi connectivity index (χ0n) is 8.68. The lowest BCUT2D eigenvalue weighted by atomic mass is 10.0. The predicted molar refractivity (Wildman–Crippen MR) is 58.6 cm³/mol. The van der Waals surface area contributed by atoms with Crippen LogP contribution in [0.15, 0.2) is 0 Å². The molecule has 2 aliphatic heterocycles. The van der Waals surface area contributed by atoms with Gasteiger partial charge in [-0.25, -0.2) is 4.79 Å². The van der Waals surface area contributed by atoms with E-state index in [9.17, 15) is 14.1 Å². The number of halogens is 1. The molecule has 4 atom stereocenters. The van der Waals surface area contributed by atoms with Crippen molar-refractivity contribution < 1.29 is 19.2 Å². The maximum absolute atomic E-state index is 11.9. The quantitative estimate of drug-likeness (QED) is 0.447. The zero-order chi connectivity index (χ0) is 12.1. The van der Waals surface area contributed by atoms with Gasteiger partial charge in [-0.2, -0.15) is 0 Å². The van der Waals surface area contributed by atoms with E-state index >= 15 is 0 Å². The van der Waals surface area contributed by atoms with Crippen LogP contribution in [-0.4, -0.2) is 48.5 Å². The Morgan fingerprint density at radius 1 is 1.81 bits per heavy atom. The Morgan fingerprint density at radius 2 is 2.44 bits per heavy atom. The lowest BCUT2D eigenvalue weighted by Gasteiger charge is -2.37. The highest BCUT2D eigenvalue weighted by Crippen LogP contribution is 2.48. The summed E-state index contributed by atoms with van der Waals surface area (Å²) in [4.78, 5) is 23.8. The molecule has 5 nitrogen and oxygen atoms in total. The van der Waals surface area contributed by atoms with Crippen molar-refractivity contribution in [2.45, 2.75) is 36.1 Å². The van der Waals surface area contributed by atoms with E-state index in [0.29, 0.717) is 18.6 Å². The van der Waals surface area contributed by atoms with E-state index in [-0.39, 0.29) is 11.9 Å². The molecule has 0 aromatic rings. The molecular weight excluding hydrogens is 254 g/mol. The van der Waals surface area contributed by atoms with Crippen molar-refractivity contribution in [3.8, 4) is 0 Å². The maximum atomic E-state index is 11.9. The number of hydrogen-bond donors (Lipinski definition) is 1. The largest absolute Gasteiger partial charge is 0.615 e. The first-order chi connectivity index (χ1) is 7.41.